The van der Waals surface area contributed by atoms with Crippen molar-refractivity contribution in [1.29, 1.82) is 0 Å². The van der Waals surface area contributed by atoms with Gasteiger partial charge in [-0.25, -0.2) is 4.79 Å². The van der Waals surface area contributed by atoms with E-state index in [4.69, 9.17) is 4.74 Å². The lowest BCUT2D eigenvalue weighted by molar-refractivity contribution is 0.147. The Balaban J connectivity index is 2.50. The number of hydrogen-bond donors (Lipinski definition) is 2. The SMILES string of the molecule is CNCc1cccc(NC(=O)OCC(C)C)c1. The van der Waals surface area contributed by atoms with E-state index in [2.05, 4.69) is 10.6 Å². The topological polar surface area (TPSA) is 50.4 Å². The minimum absolute atomic E-state index is 0.344. The van der Waals surface area contributed by atoms with Crippen molar-refractivity contribution < 1.29 is 9.53 Å². The normalized spacial score (nSPS) is 10.4. The summed E-state index contributed by atoms with van der Waals surface area (Å²) in [5.41, 5.74) is 1.88. The number of anilines is 1. The lowest BCUT2D eigenvalue weighted by Gasteiger charge is -2.09. The van der Waals surface area contributed by atoms with E-state index in [-0.39, 0.29) is 0 Å². The van der Waals surface area contributed by atoms with Gasteiger partial charge in [0.05, 0.1) is 6.61 Å². The van der Waals surface area contributed by atoms with E-state index in [1.54, 1.807) is 0 Å². The molecule has 0 aromatic heterocycles. The molecule has 0 saturated heterocycles. The third-order valence-corrected chi connectivity index (χ3v) is 2.10. The van der Waals surface area contributed by atoms with E-state index >= 15 is 0 Å². The van der Waals surface area contributed by atoms with Gasteiger partial charge in [-0.1, -0.05) is 26.0 Å². The van der Waals surface area contributed by atoms with Crippen molar-refractivity contribution in [3.8, 4) is 0 Å². The summed E-state index contributed by atoms with van der Waals surface area (Å²) in [7, 11) is 1.89. The van der Waals surface area contributed by atoms with Gasteiger partial charge in [-0.3, -0.25) is 5.32 Å². The van der Waals surface area contributed by atoms with Crippen LogP contribution in [0.5, 0.6) is 0 Å². The number of carbonyl (C=O) groups is 1. The van der Waals surface area contributed by atoms with Gasteiger partial charge in [0.25, 0.3) is 0 Å². The maximum atomic E-state index is 11.4. The fourth-order valence-corrected chi connectivity index (χ4v) is 1.36. The maximum absolute atomic E-state index is 11.4. The summed E-state index contributed by atoms with van der Waals surface area (Å²) in [6.45, 7) is 5.21. The second-order valence-electron chi connectivity index (χ2n) is 4.35. The van der Waals surface area contributed by atoms with Crippen LogP contribution >= 0.6 is 0 Å². The molecule has 0 heterocycles. The quantitative estimate of drug-likeness (QED) is 0.826. The minimum atomic E-state index is -0.402. The van der Waals surface area contributed by atoms with Crippen LogP contribution in [0.15, 0.2) is 24.3 Å². The Hall–Kier alpha value is -1.55. The highest BCUT2D eigenvalue weighted by atomic mass is 16.5. The highest BCUT2D eigenvalue weighted by Gasteiger charge is 2.04. The van der Waals surface area contributed by atoms with E-state index in [0.29, 0.717) is 12.5 Å². The highest BCUT2D eigenvalue weighted by Crippen LogP contribution is 2.11. The van der Waals surface area contributed by atoms with E-state index in [9.17, 15) is 4.79 Å². The predicted octanol–water partition coefficient (Wildman–Crippen LogP) is 2.61. The fourth-order valence-electron chi connectivity index (χ4n) is 1.36. The molecule has 0 unspecified atom stereocenters. The van der Waals surface area contributed by atoms with Crippen molar-refractivity contribution in [2.45, 2.75) is 20.4 Å². The van der Waals surface area contributed by atoms with Crippen LogP contribution in [0.2, 0.25) is 0 Å². The van der Waals surface area contributed by atoms with E-state index < -0.39 is 6.09 Å². The van der Waals surface area contributed by atoms with Gasteiger partial charge in [-0.15, -0.1) is 0 Å². The molecule has 0 bridgehead atoms. The molecule has 0 aliphatic rings. The molecule has 1 aromatic rings. The molecule has 0 radical (unpaired) electrons. The number of rotatable bonds is 5. The molecule has 17 heavy (non-hydrogen) atoms. The van der Waals surface area contributed by atoms with Gasteiger partial charge in [-0.2, -0.15) is 0 Å². The van der Waals surface area contributed by atoms with Crippen LogP contribution in [0.1, 0.15) is 19.4 Å². The van der Waals surface area contributed by atoms with Gasteiger partial charge in [-0.05, 0) is 30.7 Å². The second kappa shape index (κ2) is 6.91. The van der Waals surface area contributed by atoms with Crippen molar-refractivity contribution in [1.82, 2.24) is 5.32 Å². The zero-order chi connectivity index (χ0) is 12.7. The van der Waals surface area contributed by atoms with Crippen molar-refractivity contribution in [2.75, 3.05) is 19.0 Å². The second-order valence-corrected chi connectivity index (χ2v) is 4.35. The zero-order valence-electron chi connectivity index (χ0n) is 10.6. The van der Waals surface area contributed by atoms with Crippen LogP contribution in [0, 0.1) is 5.92 Å². The summed E-state index contributed by atoms with van der Waals surface area (Å²) >= 11 is 0. The minimum Gasteiger partial charge on any atom is -0.449 e. The lowest BCUT2D eigenvalue weighted by Crippen LogP contribution is -2.16. The van der Waals surface area contributed by atoms with E-state index in [0.717, 1.165) is 17.8 Å². The van der Waals surface area contributed by atoms with Gasteiger partial charge < -0.3 is 10.1 Å². The van der Waals surface area contributed by atoms with Crippen LogP contribution in [0.25, 0.3) is 0 Å². The number of carbonyl (C=O) groups excluding carboxylic acids is 1. The molecule has 0 fully saturated rings. The Labute approximate surface area is 102 Å². The van der Waals surface area contributed by atoms with Crippen molar-refractivity contribution in [2.24, 2.45) is 5.92 Å². The molecule has 1 rings (SSSR count). The van der Waals surface area contributed by atoms with E-state index in [1.165, 1.54) is 0 Å². The first-order valence-corrected chi connectivity index (χ1v) is 5.79. The summed E-state index contributed by atoms with van der Waals surface area (Å²) in [5.74, 6) is 0.344. The van der Waals surface area contributed by atoms with E-state index in [1.807, 2.05) is 45.2 Å². The Morgan fingerprint density at radius 3 is 2.82 bits per heavy atom. The monoisotopic (exact) mass is 236 g/mol. The number of benzene rings is 1. The zero-order valence-corrected chi connectivity index (χ0v) is 10.6. The smallest absolute Gasteiger partial charge is 0.411 e. The average Bonchev–Trinajstić information content (AvgIpc) is 2.27. The first-order chi connectivity index (χ1) is 8.11. The van der Waals surface area contributed by atoms with Gasteiger partial charge in [0.2, 0.25) is 0 Å². The van der Waals surface area contributed by atoms with Gasteiger partial charge >= 0.3 is 6.09 Å². The molecule has 0 spiro atoms. The molecule has 2 N–H and O–H groups in total. The Kier molecular flexibility index (Phi) is 5.49. The largest absolute Gasteiger partial charge is 0.449 e. The Bertz CT molecular complexity index is 364. The first kappa shape index (κ1) is 13.5. The molecule has 4 nitrogen and oxygen atoms in total. The van der Waals surface area contributed by atoms with Gasteiger partial charge in [0.15, 0.2) is 0 Å². The molecule has 0 aliphatic heterocycles. The predicted molar refractivity (Wildman–Crippen MR) is 69.0 cm³/mol. The van der Waals surface area contributed by atoms with Crippen LogP contribution in [-0.2, 0) is 11.3 Å². The summed E-state index contributed by atoms with van der Waals surface area (Å²) < 4.78 is 5.04. The average molecular weight is 236 g/mol. The lowest BCUT2D eigenvalue weighted by atomic mass is 10.2. The third-order valence-electron chi connectivity index (χ3n) is 2.10. The summed E-state index contributed by atoms with van der Waals surface area (Å²) in [4.78, 5) is 11.4. The molecular weight excluding hydrogens is 216 g/mol. The van der Waals surface area contributed by atoms with Crippen molar-refractivity contribution in [3.63, 3.8) is 0 Å². The van der Waals surface area contributed by atoms with Gasteiger partial charge in [0, 0.05) is 12.2 Å². The van der Waals surface area contributed by atoms with Crippen LogP contribution in [0.3, 0.4) is 0 Å². The molecule has 0 atom stereocenters. The standard InChI is InChI=1S/C13H20N2O2/c1-10(2)9-17-13(16)15-12-6-4-5-11(7-12)8-14-3/h4-7,10,14H,8-9H2,1-3H3,(H,15,16). The van der Waals surface area contributed by atoms with Crippen LogP contribution < -0.4 is 10.6 Å². The molecule has 0 aliphatic carbocycles. The molecule has 4 heteroatoms. The van der Waals surface area contributed by atoms with Crippen molar-refractivity contribution in [3.05, 3.63) is 29.8 Å². The summed E-state index contributed by atoms with van der Waals surface area (Å²) in [6.07, 6.45) is -0.402. The number of nitrogens with one attached hydrogen (secondary N) is 2. The molecular formula is C13H20N2O2. The number of amides is 1. The molecule has 94 valence electrons. The number of ether oxygens (including phenoxy) is 1. The Morgan fingerprint density at radius 2 is 2.18 bits per heavy atom. The molecule has 0 saturated carbocycles. The number of hydrogen-bond acceptors (Lipinski definition) is 3. The van der Waals surface area contributed by atoms with Crippen LogP contribution in [0.4, 0.5) is 10.5 Å². The molecule has 1 amide bonds. The fraction of sp³-hybridized carbons (Fsp3) is 0.462. The highest BCUT2D eigenvalue weighted by molar-refractivity contribution is 5.84. The summed E-state index contributed by atoms with van der Waals surface area (Å²) in [6, 6.07) is 7.68. The molecule has 1 aromatic carbocycles. The van der Waals surface area contributed by atoms with Crippen LogP contribution in [-0.4, -0.2) is 19.7 Å². The van der Waals surface area contributed by atoms with Crippen molar-refractivity contribution >= 4 is 11.8 Å². The maximum Gasteiger partial charge on any atom is 0.411 e. The Morgan fingerprint density at radius 1 is 1.41 bits per heavy atom. The summed E-state index contributed by atoms with van der Waals surface area (Å²) in [5, 5.41) is 5.77. The third kappa shape index (κ3) is 5.36. The van der Waals surface area contributed by atoms with Gasteiger partial charge in [0.1, 0.15) is 0 Å². The first-order valence-electron chi connectivity index (χ1n) is 5.79.